The molecule has 1 unspecified atom stereocenters. The normalized spacial score (nSPS) is 11.8. The number of nitrogens with one attached hydrogen (secondary N) is 1. The molecule has 0 bridgehead atoms. The third-order valence-electron chi connectivity index (χ3n) is 4.04. The number of likely N-dealkylation sites (N-methyl/N-ethyl adjacent to an activating group) is 1. The Balaban J connectivity index is 2.25. The molecular formula is C20H25NO3. The third-order valence-corrected chi connectivity index (χ3v) is 4.04. The van der Waals surface area contributed by atoms with Gasteiger partial charge in [0.1, 0.15) is 12.4 Å². The Morgan fingerprint density at radius 2 is 1.92 bits per heavy atom. The van der Waals surface area contributed by atoms with E-state index in [1.54, 1.807) is 7.05 Å². The molecule has 1 amide bonds. The number of benzene rings is 2. The average molecular weight is 327 g/mol. The highest BCUT2D eigenvalue weighted by atomic mass is 16.5. The van der Waals surface area contributed by atoms with Gasteiger partial charge in [0.25, 0.3) is 5.91 Å². The van der Waals surface area contributed by atoms with Gasteiger partial charge in [-0.3, -0.25) is 4.79 Å². The molecule has 0 radical (unpaired) electrons. The Labute approximate surface area is 143 Å². The van der Waals surface area contributed by atoms with Gasteiger partial charge in [0.15, 0.2) is 6.10 Å². The van der Waals surface area contributed by atoms with E-state index >= 15 is 0 Å². The van der Waals surface area contributed by atoms with Gasteiger partial charge in [-0.05, 0) is 41.7 Å². The highest BCUT2D eigenvalue weighted by Gasteiger charge is 2.21. The Morgan fingerprint density at radius 1 is 1.17 bits per heavy atom. The van der Waals surface area contributed by atoms with Crippen LogP contribution in [0.3, 0.4) is 0 Å². The van der Waals surface area contributed by atoms with E-state index in [4.69, 9.17) is 9.47 Å². The van der Waals surface area contributed by atoms with Crippen molar-refractivity contribution in [3.8, 4) is 5.75 Å². The summed E-state index contributed by atoms with van der Waals surface area (Å²) in [5, 5.41) is 2.64. The van der Waals surface area contributed by atoms with Crippen LogP contribution < -0.4 is 10.1 Å². The molecule has 0 aliphatic rings. The highest BCUT2D eigenvalue weighted by molar-refractivity contribution is 5.82. The topological polar surface area (TPSA) is 47.6 Å². The van der Waals surface area contributed by atoms with E-state index in [1.165, 1.54) is 12.7 Å². The van der Waals surface area contributed by atoms with Crippen molar-refractivity contribution in [1.29, 1.82) is 0 Å². The Kier molecular flexibility index (Phi) is 6.38. The van der Waals surface area contributed by atoms with Crippen LogP contribution in [0.4, 0.5) is 0 Å². The first-order valence-electron chi connectivity index (χ1n) is 8.15. The summed E-state index contributed by atoms with van der Waals surface area (Å²) in [4.78, 5) is 12.0. The van der Waals surface area contributed by atoms with Gasteiger partial charge in [0.2, 0.25) is 0 Å². The minimum Gasteiger partial charge on any atom is -0.489 e. The fraction of sp³-hybridized carbons (Fsp3) is 0.350. The van der Waals surface area contributed by atoms with Crippen molar-refractivity contribution in [3.63, 3.8) is 0 Å². The first-order valence-corrected chi connectivity index (χ1v) is 8.15. The predicted molar refractivity (Wildman–Crippen MR) is 95.1 cm³/mol. The Bertz CT molecular complexity index is 697. The van der Waals surface area contributed by atoms with Crippen LogP contribution >= 0.6 is 0 Å². The number of ether oxygens (including phenoxy) is 2. The summed E-state index contributed by atoms with van der Waals surface area (Å²) >= 11 is 0. The summed E-state index contributed by atoms with van der Waals surface area (Å²) in [6.07, 6.45) is 0.272. The standard InChI is InChI=1S/C20H25NO3/c1-5-15-11-10-14(2)12-18(15)24-13-16-8-6-7-9-17(16)19(23-4)20(22)21-3/h6-12,19H,5,13H2,1-4H3,(H,21,22). The van der Waals surface area contributed by atoms with Gasteiger partial charge in [-0.25, -0.2) is 0 Å². The molecule has 0 aliphatic carbocycles. The summed E-state index contributed by atoms with van der Waals surface area (Å²) in [5.74, 6) is 0.718. The van der Waals surface area contributed by atoms with Gasteiger partial charge in [-0.15, -0.1) is 0 Å². The van der Waals surface area contributed by atoms with Gasteiger partial charge < -0.3 is 14.8 Å². The number of carbonyl (C=O) groups is 1. The second-order valence-electron chi connectivity index (χ2n) is 5.68. The van der Waals surface area contributed by atoms with Crippen LogP contribution in [-0.2, 0) is 22.6 Å². The van der Waals surface area contributed by atoms with Crippen molar-refractivity contribution in [2.24, 2.45) is 0 Å². The molecule has 4 heteroatoms. The molecule has 0 saturated carbocycles. The lowest BCUT2D eigenvalue weighted by Gasteiger charge is -2.19. The summed E-state index contributed by atoms with van der Waals surface area (Å²) in [6.45, 7) is 4.55. The molecule has 0 saturated heterocycles. The van der Waals surface area contributed by atoms with Crippen LogP contribution in [-0.4, -0.2) is 20.1 Å². The number of carbonyl (C=O) groups excluding carboxylic acids is 1. The average Bonchev–Trinajstić information content (AvgIpc) is 2.61. The van der Waals surface area contributed by atoms with Crippen LogP contribution in [0.1, 0.15) is 35.3 Å². The number of methoxy groups -OCH3 is 1. The number of hydrogen-bond donors (Lipinski definition) is 1. The number of amides is 1. The van der Waals surface area contributed by atoms with Crippen LogP contribution in [0.5, 0.6) is 5.75 Å². The smallest absolute Gasteiger partial charge is 0.253 e. The zero-order chi connectivity index (χ0) is 17.5. The molecule has 0 spiro atoms. The SMILES string of the molecule is CCc1ccc(C)cc1OCc1ccccc1C(OC)C(=O)NC. The Morgan fingerprint density at radius 3 is 2.58 bits per heavy atom. The summed E-state index contributed by atoms with van der Waals surface area (Å²) in [6, 6.07) is 13.9. The first kappa shape index (κ1) is 18.0. The van der Waals surface area contributed by atoms with Crippen molar-refractivity contribution in [3.05, 3.63) is 64.7 Å². The van der Waals surface area contributed by atoms with Crippen LogP contribution in [0.25, 0.3) is 0 Å². The lowest BCUT2D eigenvalue weighted by Crippen LogP contribution is -2.27. The molecule has 128 valence electrons. The van der Waals surface area contributed by atoms with Crippen LogP contribution in [0, 0.1) is 6.92 Å². The largest absolute Gasteiger partial charge is 0.489 e. The molecule has 24 heavy (non-hydrogen) atoms. The van der Waals surface area contributed by atoms with E-state index in [0.717, 1.165) is 28.9 Å². The molecule has 0 heterocycles. The second-order valence-corrected chi connectivity index (χ2v) is 5.68. The molecule has 2 aromatic carbocycles. The quantitative estimate of drug-likeness (QED) is 0.846. The van der Waals surface area contributed by atoms with Crippen molar-refractivity contribution in [2.45, 2.75) is 33.0 Å². The molecule has 2 aromatic rings. The van der Waals surface area contributed by atoms with E-state index in [1.807, 2.05) is 37.3 Å². The van der Waals surface area contributed by atoms with Gasteiger partial charge >= 0.3 is 0 Å². The third kappa shape index (κ3) is 4.15. The molecule has 0 aliphatic heterocycles. The lowest BCUT2D eigenvalue weighted by atomic mass is 10.0. The van der Waals surface area contributed by atoms with E-state index in [9.17, 15) is 4.79 Å². The molecular weight excluding hydrogens is 302 g/mol. The summed E-state index contributed by atoms with van der Waals surface area (Å²) < 4.78 is 11.4. The van der Waals surface area contributed by atoms with Crippen molar-refractivity contribution in [1.82, 2.24) is 5.32 Å². The first-order chi connectivity index (χ1) is 11.6. The zero-order valence-electron chi connectivity index (χ0n) is 14.8. The molecule has 2 rings (SSSR count). The lowest BCUT2D eigenvalue weighted by molar-refractivity contribution is -0.130. The minimum absolute atomic E-state index is 0.172. The number of rotatable bonds is 7. The number of hydrogen-bond acceptors (Lipinski definition) is 3. The molecule has 1 N–H and O–H groups in total. The van der Waals surface area contributed by atoms with E-state index < -0.39 is 6.10 Å². The van der Waals surface area contributed by atoms with Crippen molar-refractivity contribution >= 4 is 5.91 Å². The maximum Gasteiger partial charge on any atom is 0.253 e. The van der Waals surface area contributed by atoms with Gasteiger partial charge in [-0.2, -0.15) is 0 Å². The number of aryl methyl sites for hydroxylation is 2. The second kappa shape index (κ2) is 8.50. The molecule has 0 fully saturated rings. The zero-order valence-corrected chi connectivity index (χ0v) is 14.8. The molecule has 4 nitrogen and oxygen atoms in total. The van der Waals surface area contributed by atoms with Gasteiger partial charge in [-0.1, -0.05) is 43.3 Å². The van der Waals surface area contributed by atoms with Crippen molar-refractivity contribution in [2.75, 3.05) is 14.2 Å². The summed E-state index contributed by atoms with van der Waals surface area (Å²) in [5.41, 5.74) is 4.10. The molecule has 1 atom stereocenters. The fourth-order valence-electron chi connectivity index (χ4n) is 2.67. The maximum absolute atomic E-state index is 12.0. The predicted octanol–water partition coefficient (Wildman–Crippen LogP) is 3.57. The van der Waals surface area contributed by atoms with Gasteiger partial charge in [0.05, 0.1) is 0 Å². The maximum atomic E-state index is 12.0. The fourth-order valence-corrected chi connectivity index (χ4v) is 2.67. The minimum atomic E-state index is -0.641. The van der Waals surface area contributed by atoms with E-state index in [-0.39, 0.29) is 5.91 Å². The van der Waals surface area contributed by atoms with Gasteiger partial charge in [0, 0.05) is 14.2 Å². The summed E-state index contributed by atoms with van der Waals surface area (Å²) in [7, 11) is 3.14. The monoisotopic (exact) mass is 327 g/mol. The van der Waals surface area contributed by atoms with E-state index in [0.29, 0.717) is 6.61 Å². The van der Waals surface area contributed by atoms with E-state index in [2.05, 4.69) is 24.4 Å². The highest BCUT2D eigenvalue weighted by Crippen LogP contribution is 2.25. The van der Waals surface area contributed by atoms with Crippen molar-refractivity contribution < 1.29 is 14.3 Å². The van der Waals surface area contributed by atoms with Crippen LogP contribution in [0.2, 0.25) is 0 Å². The van der Waals surface area contributed by atoms with Crippen LogP contribution in [0.15, 0.2) is 42.5 Å². The Hall–Kier alpha value is -2.33. The molecule has 0 aromatic heterocycles.